The van der Waals surface area contributed by atoms with Gasteiger partial charge in [-0.05, 0) is 48.0 Å². The predicted octanol–water partition coefficient (Wildman–Crippen LogP) is 4.03. The first-order chi connectivity index (χ1) is 14.8. The molecule has 1 aromatic carbocycles. The zero-order valence-electron chi connectivity index (χ0n) is 18.1. The Balaban J connectivity index is 1.76. The maximum atomic E-state index is 13.1. The molecule has 0 atom stereocenters. The Morgan fingerprint density at radius 2 is 1.77 bits per heavy atom. The first-order valence-corrected chi connectivity index (χ1v) is 10.1. The molecule has 7 nitrogen and oxygen atoms in total. The van der Waals surface area contributed by atoms with Gasteiger partial charge in [-0.25, -0.2) is 9.50 Å². The molecule has 158 valence electrons. The van der Waals surface area contributed by atoms with Crippen molar-refractivity contribution in [3.63, 3.8) is 0 Å². The number of benzene rings is 1. The first-order valence-electron chi connectivity index (χ1n) is 10.1. The fourth-order valence-corrected chi connectivity index (χ4v) is 3.19. The highest BCUT2D eigenvalue weighted by molar-refractivity contribution is 5.94. The van der Waals surface area contributed by atoms with Gasteiger partial charge in [-0.1, -0.05) is 20.8 Å². The Kier molecular flexibility index (Phi) is 5.42. The first kappa shape index (κ1) is 20.5. The average Bonchev–Trinajstić information content (AvgIpc) is 3.22. The van der Waals surface area contributed by atoms with E-state index in [1.165, 1.54) is 0 Å². The number of carbonyl (C=O) groups is 1. The quantitative estimate of drug-likeness (QED) is 0.532. The molecule has 4 rings (SSSR count). The molecule has 1 amide bonds. The summed E-state index contributed by atoms with van der Waals surface area (Å²) in [6.07, 6.45) is 3.41. The molecule has 4 aromatic rings. The Morgan fingerprint density at radius 3 is 2.42 bits per heavy atom. The second kappa shape index (κ2) is 8.18. The molecule has 0 fully saturated rings. The summed E-state index contributed by atoms with van der Waals surface area (Å²) < 4.78 is 6.87. The SMILES string of the molecule is COc1ccc(-c2cc(C(=O)NCc3ccncc3)n3nc(C(C)(C)C)cc3n2)cc1. The van der Waals surface area contributed by atoms with Crippen LogP contribution in [0.15, 0.2) is 60.9 Å². The Hall–Kier alpha value is -3.74. The number of carbonyl (C=O) groups excluding carboxylic acids is 1. The standard InChI is InChI=1S/C24H25N5O2/c1-24(2,3)21-14-22-27-19(17-5-7-18(31-4)8-6-17)13-20(29(22)28-21)23(30)26-15-16-9-11-25-12-10-16/h5-14H,15H2,1-4H3,(H,26,30). The lowest BCUT2D eigenvalue weighted by atomic mass is 9.93. The predicted molar refractivity (Wildman–Crippen MR) is 119 cm³/mol. The minimum absolute atomic E-state index is 0.168. The van der Waals surface area contributed by atoms with Crippen LogP contribution in [0.1, 0.15) is 42.5 Å². The van der Waals surface area contributed by atoms with Gasteiger partial charge in [0.05, 0.1) is 18.5 Å². The number of hydrogen-bond donors (Lipinski definition) is 1. The van der Waals surface area contributed by atoms with E-state index in [4.69, 9.17) is 9.72 Å². The molecule has 0 radical (unpaired) electrons. The summed E-state index contributed by atoms with van der Waals surface area (Å²) in [5, 5.41) is 7.66. The van der Waals surface area contributed by atoms with Crippen LogP contribution in [-0.2, 0) is 12.0 Å². The molecule has 3 aromatic heterocycles. The third-order valence-corrected chi connectivity index (χ3v) is 5.02. The van der Waals surface area contributed by atoms with Crippen molar-refractivity contribution in [3.8, 4) is 17.0 Å². The van der Waals surface area contributed by atoms with Crippen LogP contribution in [0.4, 0.5) is 0 Å². The zero-order valence-corrected chi connectivity index (χ0v) is 18.1. The third-order valence-electron chi connectivity index (χ3n) is 5.02. The van der Waals surface area contributed by atoms with E-state index in [9.17, 15) is 4.79 Å². The van der Waals surface area contributed by atoms with Gasteiger partial charge in [-0.2, -0.15) is 5.10 Å². The lowest BCUT2D eigenvalue weighted by Crippen LogP contribution is -2.26. The average molecular weight is 415 g/mol. The minimum atomic E-state index is -0.220. The molecule has 1 N–H and O–H groups in total. The number of amides is 1. The number of fused-ring (bicyclic) bond motifs is 1. The summed E-state index contributed by atoms with van der Waals surface area (Å²) in [7, 11) is 1.63. The maximum absolute atomic E-state index is 13.1. The molecule has 0 bridgehead atoms. The molecular weight excluding hydrogens is 390 g/mol. The lowest BCUT2D eigenvalue weighted by Gasteiger charge is -2.13. The monoisotopic (exact) mass is 415 g/mol. The summed E-state index contributed by atoms with van der Waals surface area (Å²) in [6, 6.07) is 15.1. The van der Waals surface area contributed by atoms with Crippen LogP contribution in [0.25, 0.3) is 16.9 Å². The number of pyridine rings is 1. The molecular formula is C24H25N5O2. The summed E-state index contributed by atoms with van der Waals surface area (Å²) in [5.74, 6) is 0.544. The Morgan fingerprint density at radius 1 is 1.06 bits per heavy atom. The van der Waals surface area contributed by atoms with Crippen molar-refractivity contribution in [1.29, 1.82) is 0 Å². The molecule has 0 unspecified atom stereocenters. The van der Waals surface area contributed by atoms with Gasteiger partial charge in [0.1, 0.15) is 11.4 Å². The van der Waals surface area contributed by atoms with Crippen LogP contribution in [0, 0.1) is 0 Å². The van der Waals surface area contributed by atoms with Gasteiger partial charge in [0.15, 0.2) is 5.65 Å². The van der Waals surface area contributed by atoms with Gasteiger partial charge in [0.25, 0.3) is 5.91 Å². The van der Waals surface area contributed by atoms with Gasteiger partial charge in [0.2, 0.25) is 0 Å². The van der Waals surface area contributed by atoms with Crippen molar-refractivity contribution in [2.45, 2.75) is 32.7 Å². The molecule has 7 heteroatoms. The number of ether oxygens (including phenoxy) is 1. The van der Waals surface area contributed by atoms with Crippen molar-refractivity contribution in [2.24, 2.45) is 0 Å². The highest BCUT2D eigenvalue weighted by Gasteiger charge is 2.22. The van der Waals surface area contributed by atoms with Crippen LogP contribution in [0.5, 0.6) is 5.75 Å². The minimum Gasteiger partial charge on any atom is -0.497 e. The Labute approximate surface area is 181 Å². The molecule has 0 aliphatic heterocycles. The van der Waals surface area contributed by atoms with Crippen molar-refractivity contribution >= 4 is 11.6 Å². The van der Waals surface area contributed by atoms with Gasteiger partial charge >= 0.3 is 0 Å². The van der Waals surface area contributed by atoms with E-state index in [2.05, 4.69) is 36.2 Å². The number of hydrogen-bond acceptors (Lipinski definition) is 5. The van der Waals surface area contributed by atoms with E-state index in [1.54, 1.807) is 30.1 Å². The highest BCUT2D eigenvalue weighted by atomic mass is 16.5. The molecule has 3 heterocycles. The second-order valence-corrected chi connectivity index (χ2v) is 8.34. The van der Waals surface area contributed by atoms with Crippen LogP contribution in [0.2, 0.25) is 0 Å². The van der Waals surface area contributed by atoms with Crippen LogP contribution < -0.4 is 10.1 Å². The number of rotatable bonds is 5. The van der Waals surface area contributed by atoms with Gasteiger partial charge in [-0.15, -0.1) is 0 Å². The summed E-state index contributed by atoms with van der Waals surface area (Å²) in [4.78, 5) is 21.9. The lowest BCUT2D eigenvalue weighted by molar-refractivity contribution is 0.0943. The van der Waals surface area contributed by atoms with Crippen LogP contribution in [-0.4, -0.2) is 32.6 Å². The van der Waals surface area contributed by atoms with Crippen molar-refractivity contribution in [3.05, 3.63) is 77.9 Å². The van der Waals surface area contributed by atoms with Crippen molar-refractivity contribution in [1.82, 2.24) is 24.9 Å². The number of methoxy groups -OCH3 is 1. The van der Waals surface area contributed by atoms with Crippen molar-refractivity contribution < 1.29 is 9.53 Å². The summed E-state index contributed by atoms with van der Waals surface area (Å²) >= 11 is 0. The smallest absolute Gasteiger partial charge is 0.270 e. The van der Waals surface area contributed by atoms with Crippen LogP contribution in [0.3, 0.4) is 0 Å². The van der Waals surface area contributed by atoms with E-state index >= 15 is 0 Å². The molecule has 0 saturated carbocycles. The summed E-state index contributed by atoms with van der Waals surface area (Å²) in [6.45, 7) is 6.66. The largest absolute Gasteiger partial charge is 0.497 e. The molecule has 0 aliphatic rings. The Bertz CT molecular complexity index is 1210. The fraction of sp³-hybridized carbons (Fsp3) is 0.250. The number of nitrogens with zero attached hydrogens (tertiary/aromatic N) is 4. The van der Waals surface area contributed by atoms with E-state index < -0.39 is 0 Å². The van der Waals surface area contributed by atoms with E-state index in [0.29, 0.717) is 23.6 Å². The van der Waals surface area contributed by atoms with E-state index in [0.717, 1.165) is 22.6 Å². The third kappa shape index (κ3) is 4.40. The molecule has 31 heavy (non-hydrogen) atoms. The van der Waals surface area contributed by atoms with Crippen molar-refractivity contribution in [2.75, 3.05) is 7.11 Å². The topological polar surface area (TPSA) is 81.4 Å². The second-order valence-electron chi connectivity index (χ2n) is 8.34. The maximum Gasteiger partial charge on any atom is 0.270 e. The zero-order chi connectivity index (χ0) is 22.0. The highest BCUT2D eigenvalue weighted by Crippen LogP contribution is 2.26. The molecule has 0 saturated heterocycles. The molecule has 0 aliphatic carbocycles. The van der Waals surface area contributed by atoms with Gasteiger partial charge in [-0.3, -0.25) is 9.78 Å². The fourth-order valence-electron chi connectivity index (χ4n) is 3.19. The molecule has 0 spiro atoms. The van der Waals surface area contributed by atoms with Gasteiger partial charge in [0, 0.05) is 36.0 Å². The van der Waals surface area contributed by atoms with E-state index in [1.807, 2.05) is 42.5 Å². The van der Waals surface area contributed by atoms with Crippen LogP contribution >= 0.6 is 0 Å². The summed E-state index contributed by atoms with van der Waals surface area (Å²) in [5.41, 5.74) is 4.33. The van der Waals surface area contributed by atoms with E-state index in [-0.39, 0.29) is 11.3 Å². The number of aromatic nitrogens is 4. The number of nitrogens with one attached hydrogen (secondary N) is 1. The van der Waals surface area contributed by atoms with Gasteiger partial charge < -0.3 is 10.1 Å². The normalized spacial score (nSPS) is 11.5.